The number of nitrogens with one attached hydrogen (secondary N) is 3. The Morgan fingerprint density at radius 3 is 2.60 bits per heavy atom. The minimum atomic E-state index is -3.46. The average molecular weight is 232 g/mol. The van der Waals surface area contributed by atoms with E-state index in [1.165, 1.54) is 6.33 Å². The van der Waals surface area contributed by atoms with Gasteiger partial charge >= 0.3 is 0 Å². The number of hydrogen-bond donors (Lipinski definition) is 3. The lowest BCUT2D eigenvalue weighted by atomic mass is 10.1. The fourth-order valence-electron chi connectivity index (χ4n) is 0.993. The quantitative estimate of drug-likeness (QED) is 0.689. The molecule has 1 rings (SSSR count). The summed E-state index contributed by atoms with van der Waals surface area (Å²) < 4.78 is 27.9. The van der Waals surface area contributed by atoms with Crippen molar-refractivity contribution in [1.82, 2.24) is 19.4 Å². The molecule has 0 spiro atoms. The third kappa shape index (κ3) is 4.91. The van der Waals surface area contributed by atoms with Gasteiger partial charge in [-0.1, -0.05) is 0 Å². The van der Waals surface area contributed by atoms with Crippen LogP contribution in [0.4, 0.5) is 0 Å². The van der Waals surface area contributed by atoms with Crippen molar-refractivity contribution < 1.29 is 8.42 Å². The predicted molar refractivity (Wildman–Crippen MR) is 57.2 cm³/mol. The molecule has 7 heteroatoms. The first-order valence-corrected chi connectivity index (χ1v) is 6.03. The van der Waals surface area contributed by atoms with Crippen LogP contribution in [0, 0.1) is 0 Å². The molecule has 0 aliphatic rings. The number of rotatable bonds is 4. The second-order valence-corrected chi connectivity index (χ2v) is 5.75. The van der Waals surface area contributed by atoms with Crippen LogP contribution < -0.4 is 9.44 Å². The van der Waals surface area contributed by atoms with Crippen LogP contribution in [0.15, 0.2) is 12.5 Å². The maximum Gasteiger partial charge on any atom is 0.277 e. The molecule has 86 valence electrons. The molecule has 0 aliphatic heterocycles. The summed E-state index contributed by atoms with van der Waals surface area (Å²) in [6, 6.07) is 0. The Kier molecular flexibility index (Phi) is 3.48. The molecule has 0 amide bonds. The zero-order valence-electron chi connectivity index (χ0n) is 9.03. The summed E-state index contributed by atoms with van der Waals surface area (Å²) >= 11 is 0. The maximum absolute atomic E-state index is 11.5. The number of imidazole rings is 1. The van der Waals surface area contributed by atoms with Gasteiger partial charge in [-0.15, -0.1) is 0 Å². The lowest BCUT2D eigenvalue weighted by molar-refractivity contribution is 0.483. The summed E-state index contributed by atoms with van der Waals surface area (Å²) in [6.45, 7) is 5.54. The third-order valence-electron chi connectivity index (χ3n) is 1.45. The molecule has 15 heavy (non-hydrogen) atoms. The predicted octanol–water partition coefficient (Wildman–Crippen LogP) is 0.132. The molecular weight excluding hydrogens is 216 g/mol. The highest BCUT2D eigenvalue weighted by atomic mass is 32.2. The van der Waals surface area contributed by atoms with Crippen molar-refractivity contribution in [2.45, 2.75) is 32.9 Å². The van der Waals surface area contributed by atoms with Gasteiger partial charge in [0.15, 0.2) is 0 Å². The largest absolute Gasteiger partial charge is 0.347 e. The fraction of sp³-hybridized carbons (Fsp3) is 0.625. The Balaban J connectivity index is 2.51. The van der Waals surface area contributed by atoms with Crippen LogP contribution in [0.2, 0.25) is 0 Å². The zero-order valence-corrected chi connectivity index (χ0v) is 9.85. The Morgan fingerprint density at radius 2 is 2.13 bits per heavy atom. The molecule has 0 saturated carbocycles. The molecule has 6 nitrogen and oxygen atoms in total. The Morgan fingerprint density at radius 1 is 1.47 bits per heavy atom. The van der Waals surface area contributed by atoms with Gasteiger partial charge in [0.25, 0.3) is 10.2 Å². The number of hydrogen-bond acceptors (Lipinski definition) is 3. The van der Waals surface area contributed by atoms with Gasteiger partial charge in [-0.25, -0.2) is 4.98 Å². The molecule has 3 N–H and O–H groups in total. The van der Waals surface area contributed by atoms with E-state index in [0.717, 1.165) is 0 Å². The maximum atomic E-state index is 11.5. The summed E-state index contributed by atoms with van der Waals surface area (Å²) in [5, 5.41) is 0. The number of H-pyrrole nitrogens is 1. The molecule has 0 saturated heterocycles. The Bertz CT molecular complexity index is 391. The fourth-order valence-corrected chi connectivity index (χ4v) is 2.22. The van der Waals surface area contributed by atoms with E-state index in [0.29, 0.717) is 5.69 Å². The van der Waals surface area contributed by atoms with Crippen molar-refractivity contribution in [3.05, 3.63) is 18.2 Å². The monoisotopic (exact) mass is 232 g/mol. The van der Waals surface area contributed by atoms with Gasteiger partial charge in [-0.2, -0.15) is 17.9 Å². The smallest absolute Gasteiger partial charge is 0.277 e. The van der Waals surface area contributed by atoms with E-state index in [1.807, 2.05) is 0 Å². The van der Waals surface area contributed by atoms with Gasteiger partial charge in [-0.05, 0) is 20.8 Å². The van der Waals surface area contributed by atoms with Gasteiger partial charge in [0.2, 0.25) is 0 Å². The molecule has 0 fully saturated rings. The Labute approximate surface area is 89.7 Å². The molecule has 1 aromatic rings. The first-order chi connectivity index (χ1) is 6.79. The van der Waals surface area contributed by atoms with Crippen molar-refractivity contribution in [1.29, 1.82) is 0 Å². The summed E-state index contributed by atoms with van der Waals surface area (Å²) in [4.78, 5) is 6.59. The Hall–Kier alpha value is -0.920. The molecule has 1 heterocycles. The normalized spacial score (nSPS) is 13.0. The van der Waals surface area contributed by atoms with Crippen molar-refractivity contribution in [3.8, 4) is 0 Å². The highest BCUT2D eigenvalue weighted by Gasteiger charge is 2.19. The molecule has 0 radical (unpaired) electrons. The second kappa shape index (κ2) is 4.30. The van der Waals surface area contributed by atoms with Gasteiger partial charge < -0.3 is 4.98 Å². The van der Waals surface area contributed by atoms with Crippen molar-refractivity contribution in [3.63, 3.8) is 0 Å². The van der Waals surface area contributed by atoms with E-state index in [9.17, 15) is 8.42 Å². The molecular formula is C8H16N4O2S. The molecule has 1 aromatic heterocycles. The van der Waals surface area contributed by atoms with Gasteiger partial charge in [0, 0.05) is 17.4 Å². The number of aromatic amines is 1. The summed E-state index contributed by atoms with van der Waals surface area (Å²) in [5.41, 5.74) is 0.231. The standard InChI is InChI=1S/C8H16N4O2S/c1-8(2,3)12-15(13,14)11-5-7-4-9-6-10-7/h4,6,11-12H,5H2,1-3H3,(H,9,10). The number of aromatic nitrogens is 2. The van der Waals surface area contributed by atoms with Crippen LogP contribution in [0.5, 0.6) is 0 Å². The molecule has 0 aromatic carbocycles. The van der Waals surface area contributed by atoms with Crippen LogP contribution >= 0.6 is 0 Å². The first kappa shape index (κ1) is 12.2. The van der Waals surface area contributed by atoms with Gasteiger partial charge in [0.1, 0.15) is 0 Å². The molecule has 0 atom stereocenters. The number of nitrogens with zero attached hydrogens (tertiary/aromatic N) is 1. The van der Waals surface area contributed by atoms with Crippen molar-refractivity contribution in [2.24, 2.45) is 0 Å². The SMILES string of the molecule is CC(C)(C)NS(=O)(=O)NCc1cnc[nH]1. The van der Waals surface area contributed by atoms with Crippen LogP contribution in [-0.4, -0.2) is 23.9 Å². The van der Waals surface area contributed by atoms with E-state index in [1.54, 1.807) is 27.0 Å². The topological polar surface area (TPSA) is 86.9 Å². The van der Waals surface area contributed by atoms with E-state index >= 15 is 0 Å². The molecule has 0 unspecified atom stereocenters. The minimum Gasteiger partial charge on any atom is -0.347 e. The molecule has 0 aliphatic carbocycles. The first-order valence-electron chi connectivity index (χ1n) is 4.54. The zero-order chi connectivity index (χ0) is 11.5. The highest BCUT2D eigenvalue weighted by molar-refractivity contribution is 7.87. The van der Waals surface area contributed by atoms with E-state index in [4.69, 9.17) is 0 Å². The summed E-state index contributed by atoms with van der Waals surface area (Å²) in [6.07, 6.45) is 3.07. The lowest BCUT2D eigenvalue weighted by Gasteiger charge is -2.20. The lowest BCUT2D eigenvalue weighted by Crippen LogP contribution is -2.46. The van der Waals surface area contributed by atoms with Crippen LogP contribution in [-0.2, 0) is 16.8 Å². The van der Waals surface area contributed by atoms with Crippen LogP contribution in [0.3, 0.4) is 0 Å². The van der Waals surface area contributed by atoms with Crippen LogP contribution in [0.1, 0.15) is 26.5 Å². The van der Waals surface area contributed by atoms with Gasteiger partial charge in [-0.3, -0.25) is 0 Å². The van der Waals surface area contributed by atoms with E-state index in [-0.39, 0.29) is 6.54 Å². The van der Waals surface area contributed by atoms with Gasteiger partial charge in [0.05, 0.1) is 12.9 Å². The van der Waals surface area contributed by atoms with E-state index < -0.39 is 15.7 Å². The molecule has 0 bridgehead atoms. The van der Waals surface area contributed by atoms with Crippen molar-refractivity contribution >= 4 is 10.2 Å². The highest BCUT2D eigenvalue weighted by Crippen LogP contribution is 2.01. The third-order valence-corrected chi connectivity index (χ3v) is 2.85. The summed E-state index contributed by atoms with van der Waals surface area (Å²) in [5.74, 6) is 0. The second-order valence-electron chi connectivity index (χ2n) is 4.25. The van der Waals surface area contributed by atoms with Crippen molar-refractivity contribution in [2.75, 3.05) is 0 Å². The van der Waals surface area contributed by atoms with E-state index in [2.05, 4.69) is 19.4 Å². The average Bonchev–Trinajstić information content (AvgIpc) is 2.47. The minimum absolute atomic E-state index is 0.200. The summed E-state index contributed by atoms with van der Waals surface area (Å²) in [7, 11) is -3.46. The van der Waals surface area contributed by atoms with Crippen LogP contribution in [0.25, 0.3) is 0 Å².